The maximum atomic E-state index is 12.6. The molecule has 0 radical (unpaired) electrons. The second kappa shape index (κ2) is 60.4. The van der Waals surface area contributed by atoms with Gasteiger partial charge in [-0.15, -0.1) is 0 Å². The molecule has 416 valence electrons. The molecule has 0 aliphatic heterocycles. The second-order valence-corrected chi connectivity index (χ2v) is 22.3. The van der Waals surface area contributed by atoms with E-state index in [2.05, 4.69) is 31.3 Å². The number of hydrogen-bond acceptors (Lipinski definition) is 4. The van der Waals surface area contributed by atoms with E-state index in [0.29, 0.717) is 6.42 Å². The topological polar surface area (TPSA) is 89.8 Å². The molecule has 0 bridgehead atoms. The normalized spacial score (nSPS) is 13.3. The maximum absolute atomic E-state index is 12.6. The predicted octanol–water partition coefficient (Wildman–Crippen LogP) is 20.4. The third kappa shape index (κ3) is 54.6. The van der Waals surface area contributed by atoms with Gasteiger partial charge in [0.05, 0.1) is 18.8 Å². The van der Waals surface area contributed by atoms with Crippen LogP contribution in [0, 0.1) is 0 Å². The summed E-state index contributed by atoms with van der Waals surface area (Å²) in [5.41, 5.74) is 0. The summed E-state index contributed by atoms with van der Waals surface area (Å²) in [6.45, 7) is 4.23. The quantitative estimate of drug-likeness (QED) is 0.0361. The molecule has 0 spiro atoms. The minimum Gasteiger partial charge on any atom is -0.394 e. The van der Waals surface area contributed by atoms with Crippen molar-refractivity contribution in [3.63, 3.8) is 0 Å². The fourth-order valence-corrected chi connectivity index (χ4v) is 10.3. The van der Waals surface area contributed by atoms with Crippen molar-refractivity contribution in [1.82, 2.24) is 5.32 Å². The number of nitrogens with one attached hydrogen (secondary N) is 1. The Morgan fingerprint density at radius 3 is 0.829 bits per heavy atom. The van der Waals surface area contributed by atoms with Crippen molar-refractivity contribution in [3.8, 4) is 0 Å². The lowest BCUT2D eigenvalue weighted by Gasteiger charge is -2.21. The molecule has 5 nitrogen and oxygen atoms in total. The van der Waals surface area contributed by atoms with E-state index in [1.54, 1.807) is 6.08 Å². The highest BCUT2D eigenvalue weighted by Crippen LogP contribution is 2.18. The molecule has 70 heavy (non-hydrogen) atoms. The van der Waals surface area contributed by atoms with Gasteiger partial charge in [0.25, 0.3) is 0 Å². The van der Waals surface area contributed by atoms with Crippen LogP contribution in [0.2, 0.25) is 0 Å². The highest BCUT2D eigenvalue weighted by molar-refractivity contribution is 5.80. The Hall–Kier alpha value is -1.17. The minimum absolute atomic E-state index is 0.360. The van der Waals surface area contributed by atoms with E-state index in [1.165, 1.54) is 308 Å². The van der Waals surface area contributed by atoms with Crippen molar-refractivity contribution in [1.29, 1.82) is 0 Å². The number of carbonyl (C=O) groups excluding carboxylic acids is 1. The number of allylic oxidation sites excluding steroid dienone is 3. The van der Waals surface area contributed by atoms with Crippen molar-refractivity contribution >= 4 is 5.91 Å². The maximum Gasteiger partial charge on any atom is 0.249 e. The zero-order chi connectivity index (χ0) is 50.7. The van der Waals surface area contributed by atoms with Gasteiger partial charge in [0.15, 0.2) is 0 Å². The molecule has 3 unspecified atom stereocenters. The molecule has 0 rings (SSSR count). The van der Waals surface area contributed by atoms with Gasteiger partial charge in [0.1, 0.15) is 6.10 Å². The summed E-state index contributed by atoms with van der Waals surface area (Å²) in [5, 5.41) is 33.5. The van der Waals surface area contributed by atoms with Gasteiger partial charge in [0, 0.05) is 0 Å². The van der Waals surface area contributed by atoms with Crippen LogP contribution in [0.4, 0.5) is 0 Å². The zero-order valence-corrected chi connectivity index (χ0v) is 47.7. The van der Waals surface area contributed by atoms with Gasteiger partial charge in [-0.1, -0.05) is 340 Å². The molecule has 0 aromatic rings. The Morgan fingerprint density at radius 1 is 0.343 bits per heavy atom. The Kier molecular flexibility index (Phi) is 59.4. The lowest BCUT2D eigenvalue weighted by atomic mass is 10.0. The smallest absolute Gasteiger partial charge is 0.249 e. The molecule has 0 aromatic heterocycles. The van der Waals surface area contributed by atoms with Crippen molar-refractivity contribution in [2.24, 2.45) is 0 Å². The molecule has 0 heterocycles. The lowest BCUT2D eigenvalue weighted by molar-refractivity contribution is -0.131. The van der Waals surface area contributed by atoms with Crippen LogP contribution in [0.15, 0.2) is 24.3 Å². The first-order chi connectivity index (χ1) is 34.6. The first kappa shape index (κ1) is 68.8. The zero-order valence-electron chi connectivity index (χ0n) is 47.7. The monoisotopic (exact) mass is 986 g/mol. The van der Waals surface area contributed by atoms with Crippen LogP contribution < -0.4 is 5.32 Å². The molecule has 5 heteroatoms. The Balaban J connectivity index is 3.51. The van der Waals surface area contributed by atoms with Crippen LogP contribution in [0.1, 0.15) is 361 Å². The molecule has 0 aromatic carbocycles. The first-order valence-electron chi connectivity index (χ1n) is 32.2. The predicted molar refractivity (Wildman–Crippen MR) is 310 cm³/mol. The number of unbranched alkanes of at least 4 members (excludes halogenated alkanes) is 50. The summed E-state index contributed by atoms with van der Waals surface area (Å²) < 4.78 is 0. The highest BCUT2D eigenvalue weighted by atomic mass is 16.3. The highest BCUT2D eigenvalue weighted by Gasteiger charge is 2.22. The van der Waals surface area contributed by atoms with E-state index >= 15 is 0 Å². The third-order valence-electron chi connectivity index (χ3n) is 15.3. The summed E-state index contributed by atoms with van der Waals surface area (Å²) in [6, 6.07) is -0.797. The van der Waals surface area contributed by atoms with Crippen molar-refractivity contribution in [2.45, 2.75) is 379 Å². The van der Waals surface area contributed by atoms with Gasteiger partial charge < -0.3 is 20.6 Å². The van der Waals surface area contributed by atoms with Gasteiger partial charge in [-0.3, -0.25) is 4.79 Å². The molecule has 0 saturated carbocycles. The van der Waals surface area contributed by atoms with Gasteiger partial charge in [0.2, 0.25) is 5.91 Å². The van der Waals surface area contributed by atoms with Crippen LogP contribution in [-0.2, 0) is 4.79 Å². The second-order valence-electron chi connectivity index (χ2n) is 22.3. The molecule has 1 amide bonds. The molecule has 3 atom stereocenters. The average molecular weight is 987 g/mol. The molecular formula is C65H127NO4. The van der Waals surface area contributed by atoms with Crippen LogP contribution in [0.25, 0.3) is 0 Å². The van der Waals surface area contributed by atoms with E-state index < -0.39 is 24.2 Å². The summed E-state index contributed by atoms with van der Waals surface area (Å²) >= 11 is 0. The fraction of sp³-hybridized carbons (Fsp3) is 0.923. The molecular weight excluding hydrogens is 859 g/mol. The number of carbonyl (C=O) groups is 1. The fourth-order valence-electron chi connectivity index (χ4n) is 10.3. The summed E-state index contributed by atoms with van der Waals surface area (Å²) in [6.07, 6.45) is 78.6. The molecule has 0 aliphatic rings. The van der Waals surface area contributed by atoms with Gasteiger partial charge in [-0.05, 0) is 44.9 Å². The van der Waals surface area contributed by atoms with Crippen molar-refractivity contribution in [3.05, 3.63) is 24.3 Å². The van der Waals surface area contributed by atoms with Crippen LogP contribution in [-0.4, -0.2) is 46.1 Å². The summed E-state index contributed by atoms with van der Waals surface area (Å²) in [7, 11) is 0. The van der Waals surface area contributed by atoms with Gasteiger partial charge in [-0.25, -0.2) is 0 Å². The number of hydrogen-bond donors (Lipinski definition) is 4. The van der Waals surface area contributed by atoms with Crippen molar-refractivity contribution < 1.29 is 20.1 Å². The van der Waals surface area contributed by atoms with Crippen LogP contribution in [0.5, 0.6) is 0 Å². The average Bonchev–Trinajstić information content (AvgIpc) is 3.36. The Morgan fingerprint density at radius 2 is 0.571 bits per heavy atom. The van der Waals surface area contributed by atoms with Crippen LogP contribution >= 0.6 is 0 Å². The van der Waals surface area contributed by atoms with Gasteiger partial charge >= 0.3 is 0 Å². The number of rotatable bonds is 60. The Labute approximate surface area is 439 Å². The lowest BCUT2D eigenvalue weighted by Crippen LogP contribution is -2.48. The van der Waals surface area contributed by atoms with E-state index in [-0.39, 0.29) is 6.61 Å². The van der Waals surface area contributed by atoms with E-state index in [1.807, 2.05) is 6.08 Å². The largest absolute Gasteiger partial charge is 0.394 e. The van der Waals surface area contributed by atoms with Crippen LogP contribution in [0.3, 0.4) is 0 Å². The van der Waals surface area contributed by atoms with Gasteiger partial charge in [-0.2, -0.15) is 0 Å². The number of aliphatic hydroxyl groups excluding tert-OH is 3. The molecule has 0 saturated heterocycles. The van der Waals surface area contributed by atoms with E-state index in [4.69, 9.17) is 0 Å². The number of aliphatic hydroxyl groups is 3. The standard InChI is InChI=1S/C65H127NO4/c1-3-5-7-9-11-13-15-17-19-21-23-25-27-29-30-31-32-33-34-36-38-40-42-44-46-48-50-52-54-56-58-60-64(69)65(70)66-62(61-67)63(68)59-57-55-53-51-49-47-45-43-41-39-37-35-28-26-24-22-20-18-16-14-12-10-8-6-4-2/h29-30,57,59,62-64,67-69H,3-28,31-56,58,60-61H2,1-2H3,(H,66,70)/b30-29-,59-57+. The van der Waals surface area contributed by atoms with E-state index in [0.717, 1.165) is 32.1 Å². The Bertz CT molecular complexity index is 1040. The summed E-state index contributed by atoms with van der Waals surface area (Å²) in [5.74, 6) is -0.496. The SMILES string of the molecule is CCCCCCCCCCCCCC/C=C\CCCCCCCCCCCCCCCCCC(O)C(=O)NC(CO)C(O)/C=C/CCCCCCCCCCCCCCCCCCCCCCCCC. The first-order valence-corrected chi connectivity index (χ1v) is 32.2. The summed E-state index contributed by atoms with van der Waals surface area (Å²) in [4.78, 5) is 12.6. The van der Waals surface area contributed by atoms with Crippen molar-refractivity contribution in [2.75, 3.05) is 6.61 Å². The third-order valence-corrected chi connectivity index (χ3v) is 15.3. The minimum atomic E-state index is -1.10. The molecule has 0 fully saturated rings. The van der Waals surface area contributed by atoms with E-state index in [9.17, 15) is 20.1 Å². The molecule has 4 N–H and O–H groups in total. The number of amides is 1. The molecule has 0 aliphatic carbocycles.